The molecule has 43 heavy (non-hydrogen) atoms. The van der Waals surface area contributed by atoms with Gasteiger partial charge in [-0.15, -0.1) is 0 Å². The molecular weight excluding hydrogens is 552 g/mol. The van der Waals surface area contributed by atoms with Crippen LogP contribution in [0.2, 0.25) is 0 Å². The lowest BCUT2D eigenvalue weighted by Crippen LogP contribution is -2.57. The van der Waals surface area contributed by atoms with E-state index in [4.69, 9.17) is 14.2 Å². The number of hydrogen-bond donors (Lipinski definition) is 3. The molecule has 2 aliphatic rings. The first-order valence-electron chi connectivity index (χ1n) is 15.9. The number of rotatable bonds is 9. The van der Waals surface area contributed by atoms with Crippen LogP contribution >= 0.6 is 0 Å². The Morgan fingerprint density at radius 3 is 2.05 bits per heavy atom. The van der Waals surface area contributed by atoms with Crippen molar-refractivity contribution in [1.82, 2.24) is 0 Å². The molecule has 0 saturated heterocycles. The Labute approximate surface area is 258 Å². The highest BCUT2D eigenvalue weighted by Gasteiger charge is 2.61. The van der Waals surface area contributed by atoms with Gasteiger partial charge in [0.2, 0.25) is 0 Å². The van der Waals surface area contributed by atoms with Crippen molar-refractivity contribution in [2.75, 3.05) is 6.61 Å². The van der Waals surface area contributed by atoms with Gasteiger partial charge in [0.1, 0.15) is 23.9 Å². The van der Waals surface area contributed by atoms with Gasteiger partial charge in [0, 0.05) is 17.9 Å². The van der Waals surface area contributed by atoms with Crippen molar-refractivity contribution < 1.29 is 43.9 Å². The minimum absolute atomic E-state index is 0.0303. The van der Waals surface area contributed by atoms with E-state index in [2.05, 4.69) is 6.58 Å². The second kappa shape index (κ2) is 14.8. The van der Waals surface area contributed by atoms with Crippen molar-refractivity contribution in [3.63, 3.8) is 0 Å². The molecule has 2 unspecified atom stereocenters. The Balaban J connectivity index is 2.91. The summed E-state index contributed by atoms with van der Waals surface area (Å²) in [5.41, 5.74) is -2.99. The van der Waals surface area contributed by atoms with Gasteiger partial charge in [-0.3, -0.25) is 14.4 Å². The molecule has 0 aromatic heterocycles. The first kappa shape index (κ1) is 37.1. The number of Topliss-reactive ketones (excluding diaryl/α,β-unsaturated/α-hetero) is 1. The van der Waals surface area contributed by atoms with Gasteiger partial charge in [-0.05, 0) is 36.7 Å². The van der Waals surface area contributed by atoms with E-state index in [1.165, 1.54) is 0 Å². The minimum atomic E-state index is -2.06. The molecule has 1 fully saturated rings. The number of ketones is 1. The number of carbonyl (C=O) groups excluding carboxylic acids is 3. The number of aliphatic hydroxyl groups excluding tert-OH is 2. The Morgan fingerprint density at radius 2 is 1.53 bits per heavy atom. The van der Waals surface area contributed by atoms with Crippen molar-refractivity contribution in [3.8, 4) is 0 Å². The standard InChI is InChI=1S/C34H56O9/c1-12-19(5)31(38)42-26-23(9)27(41-17-18(3)4)28(43-32(39)20(6)13-2)30(37)33(10,11)15-14-21(7)29(36)34(40)16-22(8)25(35)24(26)34/h14-15,18-22,24-28,30,35,37,40H,9,12-13,16-17H2,1-8,10-11H3/t19?,20?,21-,22-,24+,25-,26-,27-,28+,30+,34+/m0/s1. The largest absolute Gasteiger partial charge is 0.457 e. The molecule has 2 aliphatic carbocycles. The Hall–Kier alpha value is -2.07. The highest BCUT2D eigenvalue weighted by molar-refractivity contribution is 5.91. The summed E-state index contributed by atoms with van der Waals surface area (Å²) in [7, 11) is 0. The quantitative estimate of drug-likeness (QED) is 0.257. The smallest absolute Gasteiger partial charge is 0.309 e. The van der Waals surface area contributed by atoms with Gasteiger partial charge in [-0.1, -0.05) is 88.0 Å². The number of ether oxygens (including phenoxy) is 3. The first-order chi connectivity index (χ1) is 19.8. The molecule has 3 N–H and O–H groups in total. The summed E-state index contributed by atoms with van der Waals surface area (Å²) in [5.74, 6) is -5.19. The summed E-state index contributed by atoms with van der Waals surface area (Å²) in [5, 5.41) is 35.5. The minimum Gasteiger partial charge on any atom is -0.457 e. The van der Waals surface area contributed by atoms with Crippen LogP contribution in [0.1, 0.15) is 88.5 Å². The van der Waals surface area contributed by atoms with Gasteiger partial charge in [0.05, 0.1) is 23.9 Å². The fourth-order valence-corrected chi connectivity index (χ4v) is 5.84. The molecule has 0 aromatic carbocycles. The van der Waals surface area contributed by atoms with E-state index in [0.29, 0.717) is 12.8 Å². The highest BCUT2D eigenvalue weighted by Crippen LogP contribution is 2.48. The molecule has 0 bridgehead atoms. The molecule has 0 aromatic rings. The molecule has 9 nitrogen and oxygen atoms in total. The number of fused-ring (bicyclic) bond motifs is 1. The van der Waals surface area contributed by atoms with Crippen molar-refractivity contribution in [2.45, 2.75) is 125 Å². The fraction of sp³-hybridized carbons (Fsp3) is 0.794. The summed E-state index contributed by atoms with van der Waals surface area (Å²) in [6, 6.07) is 0. The van der Waals surface area contributed by atoms with Crippen LogP contribution in [0, 0.1) is 40.9 Å². The topological polar surface area (TPSA) is 140 Å². The van der Waals surface area contributed by atoms with Crippen LogP contribution in [0.25, 0.3) is 0 Å². The maximum atomic E-state index is 13.9. The lowest BCUT2D eigenvalue weighted by molar-refractivity contribution is -0.183. The fourth-order valence-electron chi connectivity index (χ4n) is 5.84. The van der Waals surface area contributed by atoms with Crippen LogP contribution in [0.15, 0.2) is 24.3 Å². The predicted octanol–water partition coefficient (Wildman–Crippen LogP) is 4.41. The van der Waals surface area contributed by atoms with Gasteiger partial charge < -0.3 is 29.5 Å². The second-order valence-electron chi connectivity index (χ2n) is 14.0. The zero-order chi connectivity index (χ0) is 33.0. The predicted molar refractivity (Wildman–Crippen MR) is 164 cm³/mol. The van der Waals surface area contributed by atoms with Crippen LogP contribution in [0.5, 0.6) is 0 Å². The van der Waals surface area contributed by atoms with Crippen LogP contribution in [-0.2, 0) is 28.6 Å². The third kappa shape index (κ3) is 8.16. The molecule has 0 heterocycles. The number of aliphatic hydroxyl groups is 3. The van der Waals surface area contributed by atoms with Crippen molar-refractivity contribution in [3.05, 3.63) is 24.3 Å². The first-order valence-corrected chi connectivity index (χ1v) is 15.9. The van der Waals surface area contributed by atoms with Gasteiger partial charge in [0.25, 0.3) is 0 Å². The third-order valence-corrected chi connectivity index (χ3v) is 9.35. The Kier molecular flexibility index (Phi) is 12.8. The zero-order valence-electron chi connectivity index (χ0n) is 27.8. The average Bonchev–Trinajstić information content (AvgIpc) is 3.18. The Bertz CT molecular complexity index is 1030. The van der Waals surface area contributed by atoms with E-state index in [9.17, 15) is 29.7 Å². The molecule has 9 heteroatoms. The maximum Gasteiger partial charge on any atom is 0.309 e. The van der Waals surface area contributed by atoms with E-state index < -0.39 is 88.8 Å². The lowest BCUT2D eigenvalue weighted by atomic mass is 9.72. The summed E-state index contributed by atoms with van der Waals surface area (Å²) < 4.78 is 18.4. The van der Waals surface area contributed by atoms with Crippen molar-refractivity contribution in [2.24, 2.45) is 40.9 Å². The average molecular weight is 609 g/mol. The summed E-state index contributed by atoms with van der Waals surface area (Å²) >= 11 is 0. The summed E-state index contributed by atoms with van der Waals surface area (Å²) in [6.45, 7) is 22.3. The van der Waals surface area contributed by atoms with E-state index >= 15 is 0 Å². The van der Waals surface area contributed by atoms with Gasteiger partial charge in [-0.2, -0.15) is 0 Å². The Morgan fingerprint density at radius 1 is 1.00 bits per heavy atom. The normalized spacial score (nSPS) is 36.3. The van der Waals surface area contributed by atoms with Crippen molar-refractivity contribution >= 4 is 17.7 Å². The number of allylic oxidation sites excluding steroid dienone is 1. The van der Waals surface area contributed by atoms with Crippen LogP contribution in [-0.4, -0.2) is 75.8 Å². The molecule has 0 aliphatic heterocycles. The number of carbonyl (C=O) groups is 3. The van der Waals surface area contributed by atoms with Crippen LogP contribution in [0.4, 0.5) is 0 Å². The van der Waals surface area contributed by atoms with E-state index in [1.807, 2.05) is 27.7 Å². The van der Waals surface area contributed by atoms with E-state index in [0.717, 1.165) is 0 Å². The molecular formula is C34H56O9. The lowest BCUT2D eigenvalue weighted by Gasteiger charge is -2.43. The summed E-state index contributed by atoms with van der Waals surface area (Å²) in [4.78, 5) is 40.5. The van der Waals surface area contributed by atoms with Gasteiger partial charge in [0.15, 0.2) is 11.9 Å². The number of esters is 2. The SMILES string of the molecule is C=C1[C@H](OCC(C)C)[C@@H](OC(=O)C(C)CC)[C@@H](O)C(C)(C)C=C[C@H](C)C(=O)[C@@]2(O)C[C@H](C)[C@H](O)[C@@H]2[C@H]1OC(=O)C(C)CC. The molecule has 0 spiro atoms. The highest BCUT2D eigenvalue weighted by atomic mass is 16.6. The van der Waals surface area contributed by atoms with Gasteiger partial charge in [-0.25, -0.2) is 0 Å². The van der Waals surface area contributed by atoms with Crippen LogP contribution < -0.4 is 0 Å². The monoisotopic (exact) mass is 608 g/mol. The second-order valence-corrected chi connectivity index (χ2v) is 14.0. The molecule has 1 saturated carbocycles. The molecule has 2 rings (SSSR count). The molecule has 11 atom stereocenters. The molecule has 246 valence electrons. The van der Waals surface area contributed by atoms with E-state index in [1.54, 1.807) is 53.7 Å². The van der Waals surface area contributed by atoms with Gasteiger partial charge >= 0.3 is 11.9 Å². The number of hydrogen-bond acceptors (Lipinski definition) is 9. The zero-order valence-corrected chi connectivity index (χ0v) is 27.8. The maximum absolute atomic E-state index is 13.9. The molecule has 0 amide bonds. The van der Waals surface area contributed by atoms with Crippen LogP contribution in [0.3, 0.4) is 0 Å². The van der Waals surface area contributed by atoms with E-state index in [-0.39, 0.29) is 24.5 Å². The summed E-state index contributed by atoms with van der Waals surface area (Å²) in [6.07, 6.45) is -2.19. The molecule has 0 radical (unpaired) electrons. The third-order valence-electron chi connectivity index (χ3n) is 9.35. The van der Waals surface area contributed by atoms with Crippen molar-refractivity contribution in [1.29, 1.82) is 0 Å².